The molecule has 2 heteroatoms. The van der Waals surface area contributed by atoms with E-state index < -0.39 is 6.29 Å². The normalized spacial score (nSPS) is 18.0. The van der Waals surface area contributed by atoms with Crippen molar-refractivity contribution < 1.29 is 9.84 Å². The maximum absolute atomic E-state index is 8.90. The molecule has 0 saturated carbocycles. The second kappa shape index (κ2) is 3.87. The predicted octanol–water partition coefficient (Wildman–Crippen LogP) is 0.997. The Morgan fingerprint density at radius 1 is 1.62 bits per heavy atom. The van der Waals surface area contributed by atoms with E-state index in [4.69, 9.17) is 5.11 Å². The number of hydrogen-bond acceptors (Lipinski definition) is 2. The Hall–Kier alpha value is -0.0800. The second-order valence-corrected chi connectivity index (χ2v) is 2.01. The van der Waals surface area contributed by atoms with Gasteiger partial charge < -0.3 is 9.84 Å². The first-order valence-electron chi connectivity index (χ1n) is 2.93. The zero-order chi connectivity index (χ0) is 6.57. The molecule has 0 heterocycles. The molecule has 50 valence electrons. The molecule has 0 aromatic carbocycles. The summed E-state index contributed by atoms with van der Waals surface area (Å²) in [7, 11) is 1.51. The van der Waals surface area contributed by atoms with Crippen LogP contribution in [0.4, 0.5) is 0 Å². The summed E-state index contributed by atoms with van der Waals surface area (Å²) >= 11 is 0. The van der Waals surface area contributed by atoms with E-state index in [0.717, 1.165) is 6.42 Å². The fourth-order valence-corrected chi connectivity index (χ4v) is 0.434. The lowest BCUT2D eigenvalue weighted by molar-refractivity contribution is -0.108. The molecule has 2 atom stereocenters. The fraction of sp³-hybridized carbons (Fsp3) is 1.00. The van der Waals surface area contributed by atoms with Gasteiger partial charge in [0.05, 0.1) is 0 Å². The number of hydrogen-bond donors (Lipinski definition) is 1. The molecule has 2 nitrogen and oxygen atoms in total. The molecular formula is C6H14O2. The third kappa shape index (κ3) is 2.28. The summed E-state index contributed by atoms with van der Waals surface area (Å²) in [5, 5.41) is 8.90. The summed E-state index contributed by atoms with van der Waals surface area (Å²) in [6.07, 6.45) is 0.370. The highest BCUT2D eigenvalue weighted by Crippen LogP contribution is 2.06. The lowest BCUT2D eigenvalue weighted by Crippen LogP contribution is -2.18. The van der Waals surface area contributed by atoms with Crippen LogP contribution < -0.4 is 0 Å². The summed E-state index contributed by atoms with van der Waals surface area (Å²) in [5.41, 5.74) is 0. The summed E-state index contributed by atoms with van der Waals surface area (Å²) in [6.45, 7) is 3.97. The van der Waals surface area contributed by atoms with Crippen molar-refractivity contribution in [3.8, 4) is 0 Å². The van der Waals surface area contributed by atoms with Gasteiger partial charge in [-0.2, -0.15) is 0 Å². The van der Waals surface area contributed by atoms with Crippen LogP contribution in [0.15, 0.2) is 0 Å². The average molecular weight is 118 g/mol. The lowest BCUT2D eigenvalue weighted by Gasteiger charge is -2.13. The van der Waals surface area contributed by atoms with Gasteiger partial charge in [-0.3, -0.25) is 0 Å². The van der Waals surface area contributed by atoms with Crippen molar-refractivity contribution in [1.29, 1.82) is 0 Å². The molecule has 0 aromatic rings. The molecule has 0 bridgehead atoms. The molecule has 2 unspecified atom stereocenters. The van der Waals surface area contributed by atoms with Gasteiger partial charge in [0.2, 0.25) is 0 Å². The maximum Gasteiger partial charge on any atom is 0.156 e. The first kappa shape index (κ1) is 7.92. The SMILES string of the molecule is CCC(C)C(O)OC. The summed E-state index contributed by atoms with van der Waals surface area (Å²) in [5.74, 6) is 0.250. The molecule has 0 aliphatic heterocycles. The Labute approximate surface area is 50.5 Å². The van der Waals surface area contributed by atoms with Gasteiger partial charge in [-0.05, 0) is 6.42 Å². The molecular weight excluding hydrogens is 104 g/mol. The van der Waals surface area contributed by atoms with Crippen LogP contribution >= 0.6 is 0 Å². The minimum Gasteiger partial charge on any atom is -0.368 e. The van der Waals surface area contributed by atoms with Crippen molar-refractivity contribution in [2.24, 2.45) is 5.92 Å². The zero-order valence-corrected chi connectivity index (χ0v) is 5.72. The molecule has 1 N–H and O–H groups in total. The Morgan fingerprint density at radius 3 is 2.25 bits per heavy atom. The van der Waals surface area contributed by atoms with Crippen LogP contribution in [0.3, 0.4) is 0 Å². The van der Waals surface area contributed by atoms with Crippen molar-refractivity contribution in [2.45, 2.75) is 26.6 Å². The molecule has 0 aromatic heterocycles. The van der Waals surface area contributed by atoms with Crippen LogP contribution in [-0.4, -0.2) is 18.5 Å². The molecule has 0 amide bonds. The average Bonchev–Trinajstić information content (AvgIpc) is 1.84. The number of aliphatic hydroxyl groups excluding tert-OH is 1. The Bertz CT molecular complexity index is 46.5. The van der Waals surface area contributed by atoms with Gasteiger partial charge >= 0.3 is 0 Å². The van der Waals surface area contributed by atoms with Crippen LogP contribution in [0.2, 0.25) is 0 Å². The smallest absolute Gasteiger partial charge is 0.156 e. The van der Waals surface area contributed by atoms with Crippen LogP contribution in [-0.2, 0) is 4.74 Å². The van der Waals surface area contributed by atoms with E-state index in [1.165, 1.54) is 7.11 Å². The van der Waals surface area contributed by atoms with Gasteiger partial charge in [-0.25, -0.2) is 0 Å². The van der Waals surface area contributed by atoms with E-state index in [0.29, 0.717) is 0 Å². The predicted molar refractivity (Wildman–Crippen MR) is 32.5 cm³/mol. The highest BCUT2D eigenvalue weighted by Gasteiger charge is 2.08. The van der Waals surface area contributed by atoms with Crippen LogP contribution in [0.1, 0.15) is 20.3 Å². The van der Waals surface area contributed by atoms with Crippen molar-refractivity contribution in [1.82, 2.24) is 0 Å². The van der Waals surface area contributed by atoms with E-state index in [1.54, 1.807) is 0 Å². The Morgan fingerprint density at radius 2 is 2.12 bits per heavy atom. The lowest BCUT2D eigenvalue weighted by atomic mass is 10.1. The first-order valence-corrected chi connectivity index (χ1v) is 2.93. The second-order valence-electron chi connectivity index (χ2n) is 2.01. The van der Waals surface area contributed by atoms with Gasteiger partial charge in [0.1, 0.15) is 0 Å². The molecule has 8 heavy (non-hydrogen) atoms. The van der Waals surface area contributed by atoms with Gasteiger partial charge in [-0.1, -0.05) is 13.8 Å². The standard InChI is InChI=1S/C6H14O2/c1-4-5(2)6(7)8-3/h5-7H,4H2,1-3H3. The summed E-state index contributed by atoms with van der Waals surface area (Å²) in [6, 6.07) is 0. The number of aliphatic hydroxyl groups is 1. The van der Waals surface area contributed by atoms with Crippen LogP contribution in [0, 0.1) is 5.92 Å². The quantitative estimate of drug-likeness (QED) is 0.560. The molecule has 0 spiro atoms. The molecule has 0 radical (unpaired) electrons. The van der Waals surface area contributed by atoms with Crippen LogP contribution in [0.5, 0.6) is 0 Å². The monoisotopic (exact) mass is 118 g/mol. The largest absolute Gasteiger partial charge is 0.368 e. The maximum atomic E-state index is 8.90. The van der Waals surface area contributed by atoms with Gasteiger partial charge in [0.25, 0.3) is 0 Å². The molecule has 0 aliphatic rings. The number of ether oxygens (including phenoxy) is 1. The van der Waals surface area contributed by atoms with Crippen molar-refractivity contribution in [3.63, 3.8) is 0 Å². The summed E-state index contributed by atoms with van der Waals surface area (Å²) in [4.78, 5) is 0. The zero-order valence-electron chi connectivity index (χ0n) is 5.72. The van der Waals surface area contributed by atoms with E-state index in [2.05, 4.69) is 4.74 Å². The minimum absolute atomic E-state index is 0.250. The van der Waals surface area contributed by atoms with Crippen LogP contribution in [0.25, 0.3) is 0 Å². The molecule has 0 saturated heterocycles. The topological polar surface area (TPSA) is 29.5 Å². The van der Waals surface area contributed by atoms with Gasteiger partial charge in [-0.15, -0.1) is 0 Å². The van der Waals surface area contributed by atoms with Crippen molar-refractivity contribution >= 4 is 0 Å². The third-order valence-electron chi connectivity index (χ3n) is 1.37. The molecule has 0 fully saturated rings. The highest BCUT2D eigenvalue weighted by atomic mass is 16.6. The molecule has 0 rings (SSSR count). The highest BCUT2D eigenvalue weighted by molar-refractivity contribution is 4.49. The van der Waals surface area contributed by atoms with Crippen molar-refractivity contribution in [3.05, 3.63) is 0 Å². The Balaban J connectivity index is 3.29. The minimum atomic E-state index is -0.583. The number of methoxy groups -OCH3 is 1. The third-order valence-corrected chi connectivity index (χ3v) is 1.37. The summed E-state index contributed by atoms with van der Waals surface area (Å²) < 4.78 is 4.66. The van der Waals surface area contributed by atoms with Gasteiger partial charge in [0, 0.05) is 13.0 Å². The first-order chi connectivity index (χ1) is 3.72. The molecule has 0 aliphatic carbocycles. The van der Waals surface area contributed by atoms with E-state index in [9.17, 15) is 0 Å². The van der Waals surface area contributed by atoms with Gasteiger partial charge in [0.15, 0.2) is 6.29 Å². The van der Waals surface area contributed by atoms with E-state index >= 15 is 0 Å². The number of rotatable bonds is 3. The van der Waals surface area contributed by atoms with Crippen molar-refractivity contribution in [2.75, 3.05) is 7.11 Å². The fourth-order valence-electron chi connectivity index (χ4n) is 0.434. The Kier molecular flexibility index (Phi) is 3.83. The van der Waals surface area contributed by atoms with E-state index in [-0.39, 0.29) is 5.92 Å². The van der Waals surface area contributed by atoms with E-state index in [1.807, 2.05) is 13.8 Å².